The molecule has 4 N–H and O–H groups in total. The summed E-state index contributed by atoms with van der Waals surface area (Å²) in [5.41, 5.74) is 5.36. The molecule has 0 fully saturated rings. The molecule has 0 saturated carbocycles. The highest BCUT2D eigenvalue weighted by molar-refractivity contribution is 5.79. The van der Waals surface area contributed by atoms with E-state index in [-0.39, 0.29) is 12.4 Å². The van der Waals surface area contributed by atoms with Gasteiger partial charge in [-0.25, -0.2) is 0 Å². The number of methoxy groups -OCH3 is 1. The summed E-state index contributed by atoms with van der Waals surface area (Å²) in [4.78, 5) is 2.13. The Morgan fingerprint density at radius 1 is 1.31 bits per heavy atom. The molecule has 0 amide bonds. The van der Waals surface area contributed by atoms with Gasteiger partial charge in [-0.3, -0.25) is 4.90 Å². The largest absolute Gasteiger partial charge is 0.409 e. The van der Waals surface area contributed by atoms with Gasteiger partial charge in [0.1, 0.15) is 5.84 Å². The van der Waals surface area contributed by atoms with E-state index in [2.05, 4.69) is 10.1 Å². The Morgan fingerprint density at radius 2 is 2.06 bits per heavy atom. The number of unbranched alkanes of at least 4 members (excludes halogenated alkanes) is 1. The molecule has 0 spiro atoms. The molecule has 0 aromatic rings. The van der Waals surface area contributed by atoms with Gasteiger partial charge < -0.3 is 20.8 Å². The molecule has 6 heteroatoms. The summed E-state index contributed by atoms with van der Waals surface area (Å²) in [5, 5.41) is 20.1. The standard InChI is InChI=1S/C10H23N3O3/c1-16-9-7-13(6-8-14)5-3-2-4-10(11)12-15/h14-15H,2-9H2,1H3,(H2,11,12). The third-order valence-electron chi connectivity index (χ3n) is 2.31. The van der Waals surface area contributed by atoms with Crippen LogP contribution in [-0.4, -0.2) is 61.0 Å². The van der Waals surface area contributed by atoms with Crippen molar-refractivity contribution in [3.8, 4) is 0 Å². The Kier molecular flexibility index (Phi) is 10.1. The minimum atomic E-state index is 0.157. The summed E-state index contributed by atoms with van der Waals surface area (Å²) < 4.78 is 4.99. The topological polar surface area (TPSA) is 91.3 Å². The van der Waals surface area contributed by atoms with E-state index < -0.39 is 0 Å². The van der Waals surface area contributed by atoms with E-state index in [0.717, 1.165) is 25.9 Å². The van der Waals surface area contributed by atoms with Crippen LogP contribution < -0.4 is 5.73 Å². The van der Waals surface area contributed by atoms with Gasteiger partial charge in [-0.15, -0.1) is 0 Å². The van der Waals surface area contributed by atoms with E-state index in [9.17, 15) is 0 Å². The number of aliphatic hydroxyl groups excluding tert-OH is 1. The van der Waals surface area contributed by atoms with Gasteiger partial charge >= 0.3 is 0 Å². The fraction of sp³-hybridized carbons (Fsp3) is 0.900. The molecular formula is C10H23N3O3. The van der Waals surface area contributed by atoms with Crippen molar-refractivity contribution in [3.63, 3.8) is 0 Å². The Balaban J connectivity index is 3.58. The minimum Gasteiger partial charge on any atom is -0.409 e. The van der Waals surface area contributed by atoms with Crippen LogP contribution in [0.25, 0.3) is 0 Å². The minimum absolute atomic E-state index is 0.157. The number of rotatable bonds is 10. The van der Waals surface area contributed by atoms with Crippen LogP contribution in [0.3, 0.4) is 0 Å². The van der Waals surface area contributed by atoms with Gasteiger partial charge in [0.25, 0.3) is 0 Å². The number of amidine groups is 1. The van der Waals surface area contributed by atoms with Gasteiger partial charge in [0.2, 0.25) is 0 Å². The summed E-state index contributed by atoms with van der Waals surface area (Å²) in [6.45, 7) is 3.19. The Hall–Kier alpha value is -0.850. The number of nitrogens with two attached hydrogens (primary N) is 1. The van der Waals surface area contributed by atoms with Crippen molar-refractivity contribution in [1.29, 1.82) is 0 Å². The summed E-state index contributed by atoms with van der Waals surface area (Å²) in [6, 6.07) is 0. The second-order valence-electron chi connectivity index (χ2n) is 3.61. The van der Waals surface area contributed by atoms with Crippen LogP contribution in [-0.2, 0) is 4.74 Å². The highest BCUT2D eigenvalue weighted by atomic mass is 16.5. The lowest BCUT2D eigenvalue weighted by Gasteiger charge is -2.20. The number of ether oxygens (including phenoxy) is 1. The first-order valence-electron chi connectivity index (χ1n) is 5.53. The fourth-order valence-electron chi connectivity index (χ4n) is 1.39. The number of hydrogen-bond acceptors (Lipinski definition) is 5. The van der Waals surface area contributed by atoms with Gasteiger partial charge in [-0.1, -0.05) is 5.16 Å². The first kappa shape index (κ1) is 15.2. The fourth-order valence-corrected chi connectivity index (χ4v) is 1.39. The van der Waals surface area contributed by atoms with Crippen molar-refractivity contribution in [3.05, 3.63) is 0 Å². The van der Waals surface area contributed by atoms with Crippen LogP contribution in [0.4, 0.5) is 0 Å². The van der Waals surface area contributed by atoms with Crippen LogP contribution in [0.2, 0.25) is 0 Å². The van der Waals surface area contributed by atoms with Crippen molar-refractivity contribution < 1.29 is 15.1 Å². The highest BCUT2D eigenvalue weighted by Gasteiger charge is 2.03. The predicted molar refractivity (Wildman–Crippen MR) is 62.7 cm³/mol. The first-order chi connectivity index (χ1) is 7.74. The number of nitrogens with zero attached hydrogens (tertiary/aromatic N) is 2. The summed E-state index contributed by atoms with van der Waals surface area (Å²) in [7, 11) is 1.66. The number of oxime groups is 1. The third kappa shape index (κ3) is 8.46. The van der Waals surface area contributed by atoms with Crippen LogP contribution in [0.15, 0.2) is 5.16 Å². The summed E-state index contributed by atoms with van der Waals surface area (Å²) in [5.74, 6) is 0.269. The van der Waals surface area contributed by atoms with Crippen molar-refractivity contribution in [1.82, 2.24) is 4.90 Å². The van der Waals surface area contributed by atoms with Gasteiger partial charge in [0.05, 0.1) is 13.2 Å². The van der Waals surface area contributed by atoms with Gasteiger partial charge in [0.15, 0.2) is 0 Å². The monoisotopic (exact) mass is 233 g/mol. The van der Waals surface area contributed by atoms with Crippen LogP contribution in [0.5, 0.6) is 0 Å². The average Bonchev–Trinajstić information content (AvgIpc) is 2.30. The molecule has 0 bridgehead atoms. The number of aliphatic hydroxyl groups is 1. The predicted octanol–water partition coefficient (Wildman–Crippen LogP) is -0.156. The quantitative estimate of drug-likeness (QED) is 0.160. The normalized spacial score (nSPS) is 12.3. The van der Waals surface area contributed by atoms with Crippen molar-refractivity contribution >= 4 is 5.84 Å². The summed E-state index contributed by atoms with van der Waals surface area (Å²) in [6.07, 6.45) is 2.44. The molecule has 16 heavy (non-hydrogen) atoms. The van der Waals surface area contributed by atoms with E-state index in [1.54, 1.807) is 7.11 Å². The molecule has 0 atom stereocenters. The lowest BCUT2D eigenvalue weighted by Crippen LogP contribution is -2.31. The second kappa shape index (κ2) is 10.7. The molecule has 0 aliphatic rings. The van der Waals surface area contributed by atoms with Crippen LogP contribution in [0, 0.1) is 0 Å². The molecule has 0 aromatic carbocycles. The lowest BCUT2D eigenvalue weighted by molar-refractivity contribution is 0.130. The second-order valence-corrected chi connectivity index (χ2v) is 3.61. The number of hydrogen-bond donors (Lipinski definition) is 3. The zero-order valence-corrected chi connectivity index (χ0v) is 9.93. The maximum Gasteiger partial charge on any atom is 0.139 e. The van der Waals surface area contributed by atoms with Crippen LogP contribution >= 0.6 is 0 Å². The van der Waals surface area contributed by atoms with Gasteiger partial charge in [0, 0.05) is 26.6 Å². The zero-order valence-electron chi connectivity index (χ0n) is 9.93. The highest BCUT2D eigenvalue weighted by Crippen LogP contribution is 1.99. The van der Waals surface area contributed by atoms with E-state index in [1.165, 1.54) is 0 Å². The third-order valence-corrected chi connectivity index (χ3v) is 2.31. The van der Waals surface area contributed by atoms with E-state index in [4.69, 9.17) is 20.8 Å². The molecular weight excluding hydrogens is 210 g/mol. The van der Waals surface area contributed by atoms with Gasteiger partial charge in [-0.05, 0) is 19.4 Å². The van der Waals surface area contributed by atoms with E-state index >= 15 is 0 Å². The van der Waals surface area contributed by atoms with Crippen molar-refractivity contribution in [2.45, 2.75) is 19.3 Å². The zero-order chi connectivity index (χ0) is 12.2. The molecule has 0 saturated heterocycles. The smallest absolute Gasteiger partial charge is 0.139 e. The molecule has 0 rings (SSSR count). The van der Waals surface area contributed by atoms with E-state index in [1.807, 2.05) is 0 Å². The average molecular weight is 233 g/mol. The van der Waals surface area contributed by atoms with E-state index in [0.29, 0.717) is 19.6 Å². The van der Waals surface area contributed by atoms with Gasteiger partial charge in [-0.2, -0.15) is 0 Å². The molecule has 0 radical (unpaired) electrons. The first-order valence-corrected chi connectivity index (χ1v) is 5.53. The Morgan fingerprint density at radius 3 is 2.62 bits per heavy atom. The molecule has 6 nitrogen and oxygen atoms in total. The summed E-state index contributed by atoms with van der Waals surface area (Å²) >= 11 is 0. The molecule has 0 unspecified atom stereocenters. The maximum atomic E-state index is 8.86. The molecule has 96 valence electrons. The molecule has 0 aliphatic heterocycles. The Bertz CT molecular complexity index is 188. The van der Waals surface area contributed by atoms with Crippen molar-refractivity contribution in [2.75, 3.05) is 40.0 Å². The lowest BCUT2D eigenvalue weighted by atomic mass is 10.2. The van der Waals surface area contributed by atoms with Crippen molar-refractivity contribution in [2.24, 2.45) is 10.9 Å². The molecule has 0 heterocycles. The SMILES string of the molecule is COCCN(CCO)CCCCC(N)=NO. The van der Waals surface area contributed by atoms with Crippen LogP contribution in [0.1, 0.15) is 19.3 Å². The molecule has 0 aliphatic carbocycles. The molecule has 0 aromatic heterocycles. The Labute approximate surface area is 96.7 Å². The maximum absolute atomic E-state index is 8.86.